The Balaban J connectivity index is 1.55. The summed E-state index contributed by atoms with van der Waals surface area (Å²) in [6, 6.07) is 15.4. The van der Waals surface area contributed by atoms with Crippen molar-refractivity contribution >= 4 is 15.6 Å². The van der Waals surface area contributed by atoms with Crippen LogP contribution in [0.3, 0.4) is 0 Å². The lowest BCUT2D eigenvalue weighted by atomic mass is 9.94. The van der Waals surface area contributed by atoms with E-state index < -0.39 is 9.73 Å². The Morgan fingerprint density at radius 3 is 2.61 bits per heavy atom. The molecule has 0 radical (unpaired) electrons. The Labute approximate surface area is 166 Å². The molecule has 1 amide bonds. The number of carbonyl (C=O) groups is 1. The number of benzene rings is 2. The lowest BCUT2D eigenvalue weighted by molar-refractivity contribution is 0.100. The molecular weight excluding hydrogens is 370 g/mol. The molecule has 2 aromatic carbocycles. The van der Waals surface area contributed by atoms with Gasteiger partial charge in [0.05, 0.1) is 15.5 Å². The van der Waals surface area contributed by atoms with E-state index in [1.807, 2.05) is 36.4 Å². The fourth-order valence-corrected chi connectivity index (χ4v) is 6.94. The van der Waals surface area contributed by atoms with Crippen LogP contribution in [0.4, 0.5) is 0 Å². The first-order valence-corrected chi connectivity index (χ1v) is 11.8. The average Bonchev–Trinajstić information content (AvgIpc) is 3.14. The van der Waals surface area contributed by atoms with Gasteiger partial charge in [-0.1, -0.05) is 30.3 Å². The summed E-state index contributed by atoms with van der Waals surface area (Å²) in [4.78, 5) is 12.7. The van der Waals surface area contributed by atoms with Crippen LogP contribution in [0, 0.1) is 0 Å². The van der Waals surface area contributed by atoms with Gasteiger partial charge in [0.2, 0.25) is 0 Å². The summed E-state index contributed by atoms with van der Waals surface area (Å²) in [5.74, 6) is 0.643. The third-order valence-electron chi connectivity index (χ3n) is 5.83. The molecule has 2 heterocycles. The lowest BCUT2D eigenvalue weighted by Crippen LogP contribution is -2.49. The van der Waals surface area contributed by atoms with Crippen LogP contribution in [0.2, 0.25) is 0 Å². The average molecular weight is 398 g/mol. The topological polar surface area (TPSA) is 84.6 Å². The van der Waals surface area contributed by atoms with Crippen LogP contribution in [-0.2, 0) is 16.3 Å². The number of nitrogens with zero attached hydrogens (tertiary/aromatic N) is 1. The zero-order chi connectivity index (χ0) is 19.6. The van der Waals surface area contributed by atoms with Gasteiger partial charge in [-0.3, -0.25) is 4.79 Å². The molecule has 1 spiro atoms. The van der Waals surface area contributed by atoms with Crippen molar-refractivity contribution in [3.05, 3.63) is 59.7 Å². The normalized spacial score (nSPS) is 27.0. The predicted molar refractivity (Wildman–Crippen MR) is 114 cm³/mol. The van der Waals surface area contributed by atoms with Crippen LogP contribution >= 0.6 is 0 Å². The molecule has 6 heteroatoms. The van der Waals surface area contributed by atoms with Gasteiger partial charge in [0, 0.05) is 23.4 Å². The Bertz CT molecular complexity index is 985. The van der Waals surface area contributed by atoms with Gasteiger partial charge in [0.1, 0.15) is 0 Å². The third kappa shape index (κ3) is 4.04. The zero-order valence-corrected chi connectivity index (χ0v) is 16.8. The van der Waals surface area contributed by atoms with Gasteiger partial charge in [0.25, 0.3) is 5.91 Å². The van der Waals surface area contributed by atoms with Gasteiger partial charge in [-0.2, -0.15) is 4.36 Å². The molecule has 2 aliphatic heterocycles. The fourth-order valence-electron chi connectivity index (χ4n) is 4.38. The Hall–Kier alpha value is -2.02. The first-order chi connectivity index (χ1) is 13.5. The molecule has 148 valence electrons. The van der Waals surface area contributed by atoms with Crippen LogP contribution in [-0.4, -0.2) is 33.7 Å². The maximum absolute atomic E-state index is 13.3. The van der Waals surface area contributed by atoms with Crippen molar-refractivity contribution in [1.82, 2.24) is 5.32 Å². The molecule has 0 aliphatic carbocycles. The molecule has 2 fully saturated rings. The van der Waals surface area contributed by atoms with E-state index in [4.69, 9.17) is 5.73 Å². The van der Waals surface area contributed by atoms with Gasteiger partial charge in [0.15, 0.2) is 0 Å². The van der Waals surface area contributed by atoms with E-state index in [-0.39, 0.29) is 11.4 Å². The number of carbonyl (C=O) groups excluding carboxylic acids is 1. The number of amides is 1. The number of hydrogen-bond acceptors (Lipinski definition) is 4. The van der Waals surface area contributed by atoms with Gasteiger partial charge >= 0.3 is 0 Å². The second-order valence-corrected chi connectivity index (χ2v) is 10.3. The number of rotatable bonds is 3. The summed E-state index contributed by atoms with van der Waals surface area (Å²) in [6.45, 7) is 1.46. The molecule has 2 atom stereocenters. The van der Waals surface area contributed by atoms with Crippen LogP contribution in [0.25, 0.3) is 11.1 Å². The smallest absolute Gasteiger partial charge is 0.285 e. The van der Waals surface area contributed by atoms with Gasteiger partial charge in [-0.25, -0.2) is 4.21 Å². The SMILES string of the molecule is NCc1cccc(-c2ccc(C(=O)N=S3(=O)CCCC4(CCCN4)C3)cc2)c1. The third-order valence-corrected chi connectivity index (χ3v) is 8.26. The maximum Gasteiger partial charge on any atom is 0.285 e. The molecule has 0 aromatic heterocycles. The van der Waals surface area contributed by atoms with Crippen molar-refractivity contribution in [3.63, 3.8) is 0 Å². The standard InChI is InChI=1S/C22H27N3O2S/c23-15-17-4-1-5-20(14-17)18-6-8-19(9-7-18)21(26)25-28(27)13-3-11-22(16-28)10-2-12-24-22/h1,4-9,14,24H,2-3,10-13,15-16,23H2. The first-order valence-electron chi connectivity index (χ1n) is 9.92. The molecule has 0 saturated carbocycles. The first kappa shape index (κ1) is 19.3. The molecule has 2 unspecified atom stereocenters. The van der Waals surface area contributed by atoms with Gasteiger partial charge < -0.3 is 11.1 Å². The lowest BCUT2D eigenvalue weighted by Gasteiger charge is -2.35. The second kappa shape index (κ2) is 7.78. The van der Waals surface area contributed by atoms with Gasteiger partial charge in [-0.05, 0) is 67.1 Å². The van der Waals surface area contributed by atoms with E-state index in [0.717, 1.165) is 48.9 Å². The minimum absolute atomic E-state index is 0.0724. The molecule has 4 rings (SSSR count). The summed E-state index contributed by atoms with van der Waals surface area (Å²) in [7, 11) is -2.50. The largest absolute Gasteiger partial charge is 0.326 e. The zero-order valence-electron chi connectivity index (χ0n) is 16.0. The highest BCUT2D eigenvalue weighted by atomic mass is 32.2. The van der Waals surface area contributed by atoms with Crippen LogP contribution in [0.15, 0.2) is 52.9 Å². The minimum Gasteiger partial charge on any atom is -0.326 e. The highest BCUT2D eigenvalue weighted by Crippen LogP contribution is 2.32. The summed E-state index contributed by atoms with van der Waals surface area (Å²) in [5.41, 5.74) is 9.27. The summed E-state index contributed by atoms with van der Waals surface area (Å²) in [6.07, 6.45) is 4.03. The number of hydrogen-bond donors (Lipinski definition) is 2. The monoisotopic (exact) mass is 397 g/mol. The van der Waals surface area contributed by atoms with E-state index >= 15 is 0 Å². The summed E-state index contributed by atoms with van der Waals surface area (Å²) in [5, 5.41) is 3.52. The van der Waals surface area contributed by atoms with Crippen molar-refractivity contribution in [2.45, 2.75) is 37.8 Å². The van der Waals surface area contributed by atoms with Crippen LogP contribution < -0.4 is 11.1 Å². The van der Waals surface area contributed by atoms with E-state index in [2.05, 4.69) is 9.68 Å². The summed E-state index contributed by atoms with van der Waals surface area (Å²) >= 11 is 0. The highest BCUT2D eigenvalue weighted by molar-refractivity contribution is 7.94. The Kier molecular flexibility index (Phi) is 5.36. The Morgan fingerprint density at radius 2 is 1.89 bits per heavy atom. The molecule has 2 saturated heterocycles. The van der Waals surface area contributed by atoms with E-state index in [0.29, 0.717) is 23.6 Å². The van der Waals surface area contributed by atoms with E-state index in [9.17, 15) is 9.00 Å². The van der Waals surface area contributed by atoms with Crippen LogP contribution in [0.1, 0.15) is 41.6 Å². The van der Waals surface area contributed by atoms with Crippen molar-refractivity contribution in [1.29, 1.82) is 0 Å². The molecule has 0 bridgehead atoms. The molecule has 28 heavy (non-hydrogen) atoms. The second-order valence-electron chi connectivity index (χ2n) is 7.91. The van der Waals surface area contributed by atoms with Crippen molar-refractivity contribution < 1.29 is 9.00 Å². The maximum atomic E-state index is 13.3. The van der Waals surface area contributed by atoms with E-state index in [1.165, 1.54) is 0 Å². The summed E-state index contributed by atoms with van der Waals surface area (Å²) < 4.78 is 17.5. The van der Waals surface area contributed by atoms with Crippen molar-refractivity contribution in [3.8, 4) is 11.1 Å². The highest BCUT2D eigenvalue weighted by Gasteiger charge is 2.40. The minimum atomic E-state index is -2.50. The molecule has 3 N–H and O–H groups in total. The molecule has 2 aliphatic rings. The van der Waals surface area contributed by atoms with Crippen molar-refractivity contribution in [2.24, 2.45) is 10.1 Å². The molecular formula is C22H27N3O2S. The fraction of sp³-hybridized carbons (Fsp3) is 0.409. The molecule has 5 nitrogen and oxygen atoms in total. The van der Waals surface area contributed by atoms with Gasteiger partial charge in [-0.15, -0.1) is 0 Å². The number of nitrogens with two attached hydrogens (primary N) is 1. The van der Waals surface area contributed by atoms with Crippen molar-refractivity contribution in [2.75, 3.05) is 18.1 Å². The molecule has 2 aromatic rings. The van der Waals surface area contributed by atoms with Crippen LogP contribution in [0.5, 0.6) is 0 Å². The Morgan fingerprint density at radius 1 is 1.11 bits per heavy atom. The van der Waals surface area contributed by atoms with E-state index in [1.54, 1.807) is 12.1 Å². The number of nitrogens with one attached hydrogen (secondary N) is 1. The quantitative estimate of drug-likeness (QED) is 0.832. The predicted octanol–water partition coefficient (Wildman–Crippen LogP) is 3.34.